The Morgan fingerprint density at radius 2 is 2.53 bits per heavy atom. The van der Waals surface area contributed by atoms with Gasteiger partial charge >= 0.3 is 0 Å². The highest BCUT2D eigenvalue weighted by atomic mass is 14.9. The van der Waals surface area contributed by atoms with Gasteiger partial charge in [-0.3, -0.25) is 10.3 Å². The minimum atomic E-state index is 0.399. The molecule has 1 atom stereocenters. The molecule has 0 amide bonds. The number of rotatable bonds is 2. The molecule has 2 heteroatoms. The van der Waals surface area contributed by atoms with Crippen molar-refractivity contribution in [2.24, 2.45) is 0 Å². The summed E-state index contributed by atoms with van der Waals surface area (Å²) >= 11 is 0. The van der Waals surface area contributed by atoms with Crippen LogP contribution in [-0.2, 0) is 6.42 Å². The van der Waals surface area contributed by atoms with Crippen LogP contribution in [0.4, 0.5) is 0 Å². The Hall–Kier alpha value is -1.33. The molecule has 1 heterocycles. The first-order valence-corrected chi connectivity index (χ1v) is 5.48. The minimum absolute atomic E-state index is 0.399. The van der Waals surface area contributed by atoms with Crippen molar-refractivity contribution >= 4 is 0 Å². The van der Waals surface area contributed by atoms with E-state index < -0.39 is 0 Å². The number of aryl methyl sites for hydroxylation is 1. The van der Waals surface area contributed by atoms with Gasteiger partial charge in [0.05, 0.1) is 18.3 Å². The molecule has 1 aromatic heterocycles. The van der Waals surface area contributed by atoms with E-state index in [0.29, 0.717) is 6.04 Å². The lowest BCUT2D eigenvalue weighted by atomic mass is 9.92. The summed E-state index contributed by atoms with van der Waals surface area (Å²) in [6, 6.07) is 4.60. The van der Waals surface area contributed by atoms with Gasteiger partial charge in [-0.1, -0.05) is 12.0 Å². The Labute approximate surface area is 91.1 Å². The molecule has 1 N–H and O–H groups in total. The fourth-order valence-electron chi connectivity index (χ4n) is 2.07. The molecule has 1 aliphatic rings. The topological polar surface area (TPSA) is 24.9 Å². The predicted molar refractivity (Wildman–Crippen MR) is 61.4 cm³/mol. The van der Waals surface area contributed by atoms with Gasteiger partial charge in [0, 0.05) is 6.20 Å². The largest absolute Gasteiger partial charge is 0.298 e. The molecular weight excluding hydrogens is 184 g/mol. The molecule has 0 bridgehead atoms. The van der Waals surface area contributed by atoms with E-state index in [-0.39, 0.29) is 0 Å². The van der Waals surface area contributed by atoms with Gasteiger partial charge in [-0.25, -0.2) is 0 Å². The van der Waals surface area contributed by atoms with Crippen molar-refractivity contribution in [3.8, 4) is 11.8 Å². The molecule has 1 unspecified atom stereocenters. The second-order valence-corrected chi connectivity index (χ2v) is 3.80. The first-order valence-electron chi connectivity index (χ1n) is 5.48. The molecule has 2 nitrogen and oxygen atoms in total. The van der Waals surface area contributed by atoms with Gasteiger partial charge in [-0.2, -0.15) is 0 Å². The smallest absolute Gasteiger partial charge is 0.0605 e. The van der Waals surface area contributed by atoms with E-state index >= 15 is 0 Å². The minimum Gasteiger partial charge on any atom is -0.298 e. The lowest BCUT2D eigenvalue weighted by Crippen LogP contribution is -2.26. The van der Waals surface area contributed by atoms with Crippen LogP contribution in [0, 0.1) is 11.8 Å². The van der Waals surface area contributed by atoms with Gasteiger partial charge < -0.3 is 0 Å². The second kappa shape index (κ2) is 4.95. The van der Waals surface area contributed by atoms with Crippen molar-refractivity contribution in [1.82, 2.24) is 10.3 Å². The highest BCUT2D eigenvalue weighted by Crippen LogP contribution is 2.27. The fourth-order valence-corrected chi connectivity index (χ4v) is 2.07. The van der Waals surface area contributed by atoms with E-state index in [2.05, 4.69) is 28.2 Å². The lowest BCUT2D eigenvalue weighted by molar-refractivity contribution is 0.470. The lowest BCUT2D eigenvalue weighted by Gasteiger charge is -2.24. The van der Waals surface area contributed by atoms with E-state index in [0.717, 1.165) is 6.54 Å². The number of nitrogens with zero attached hydrogens (tertiary/aromatic N) is 1. The van der Waals surface area contributed by atoms with Crippen molar-refractivity contribution in [1.29, 1.82) is 0 Å². The maximum absolute atomic E-state index is 4.47. The Balaban J connectivity index is 2.10. The molecule has 0 spiro atoms. The van der Waals surface area contributed by atoms with E-state index in [1.807, 2.05) is 19.2 Å². The molecule has 0 fully saturated rings. The first-order chi connectivity index (χ1) is 7.42. The third-order valence-electron chi connectivity index (χ3n) is 2.81. The molecule has 0 aliphatic heterocycles. The molecule has 0 saturated carbocycles. The van der Waals surface area contributed by atoms with Crippen LogP contribution in [0.1, 0.15) is 37.1 Å². The summed E-state index contributed by atoms with van der Waals surface area (Å²) in [6.07, 6.45) is 5.47. The number of hydrogen-bond acceptors (Lipinski definition) is 2. The summed E-state index contributed by atoms with van der Waals surface area (Å²) in [5.74, 6) is 5.94. The normalized spacial score (nSPS) is 18.9. The van der Waals surface area contributed by atoms with Crippen LogP contribution >= 0.6 is 0 Å². The molecule has 0 aromatic carbocycles. The van der Waals surface area contributed by atoms with Crippen molar-refractivity contribution in [2.45, 2.75) is 32.2 Å². The summed E-state index contributed by atoms with van der Waals surface area (Å²) in [4.78, 5) is 4.47. The highest BCUT2D eigenvalue weighted by Gasteiger charge is 2.19. The zero-order chi connectivity index (χ0) is 10.5. The molecule has 0 saturated heterocycles. The van der Waals surface area contributed by atoms with Crippen molar-refractivity contribution < 1.29 is 0 Å². The monoisotopic (exact) mass is 200 g/mol. The Morgan fingerprint density at radius 1 is 1.60 bits per heavy atom. The van der Waals surface area contributed by atoms with Crippen LogP contribution < -0.4 is 5.32 Å². The molecule has 0 radical (unpaired) electrons. The molecule has 15 heavy (non-hydrogen) atoms. The molecular formula is C13H16N2. The van der Waals surface area contributed by atoms with Crippen LogP contribution in [0.2, 0.25) is 0 Å². The number of fused-ring (bicyclic) bond motifs is 1. The molecule has 1 aliphatic carbocycles. The van der Waals surface area contributed by atoms with Crippen LogP contribution in [0.25, 0.3) is 0 Å². The van der Waals surface area contributed by atoms with E-state index in [9.17, 15) is 0 Å². The zero-order valence-electron chi connectivity index (χ0n) is 9.09. The Bertz CT molecular complexity index is 387. The molecule has 78 valence electrons. The molecule has 1 aromatic rings. The SMILES string of the molecule is CC#CCNC1CCCc2cccnc21. The highest BCUT2D eigenvalue weighted by molar-refractivity contribution is 5.25. The number of nitrogens with one attached hydrogen (secondary N) is 1. The van der Waals surface area contributed by atoms with Gasteiger partial charge in [-0.15, -0.1) is 5.92 Å². The fraction of sp³-hybridized carbons (Fsp3) is 0.462. The third kappa shape index (κ3) is 2.37. The summed E-state index contributed by atoms with van der Waals surface area (Å²) in [6.45, 7) is 2.63. The maximum atomic E-state index is 4.47. The van der Waals surface area contributed by atoms with Crippen molar-refractivity contribution in [3.63, 3.8) is 0 Å². The average Bonchev–Trinajstić information content (AvgIpc) is 2.30. The summed E-state index contributed by atoms with van der Waals surface area (Å²) < 4.78 is 0. The standard InChI is InChI=1S/C13H16N2/c1-2-3-9-14-12-8-4-6-11-7-5-10-15-13(11)12/h5,7,10,12,14H,4,6,8-9H2,1H3. The zero-order valence-corrected chi connectivity index (χ0v) is 9.09. The first kappa shape index (κ1) is 10.2. The predicted octanol–water partition coefficient (Wildman–Crippen LogP) is 2.07. The van der Waals surface area contributed by atoms with Gasteiger partial charge in [0.1, 0.15) is 0 Å². The van der Waals surface area contributed by atoms with E-state index in [1.165, 1.54) is 30.5 Å². The van der Waals surface area contributed by atoms with Crippen LogP contribution in [0.3, 0.4) is 0 Å². The van der Waals surface area contributed by atoms with Gasteiger partial charge in [0.15, 0.2) is 0 Å². The van der Waals surface area contributed by atoms with Crippen molar-refractivity contribution in [2.75, 3.05) is 6.54 Å². The number of hydrogen-bond donors (Lipinski definition) is 1. The maximum Gasteiger partial charge on any atom is 0.0605 e. The summed E-state index contributed by atoms with van der Waals surface area (Å²) in [7, 11) is 0. The number of pyridine rings is 1. The van der Waals surface area contributed by atoms with Gasteiger partial charge in [-0.05, 0) is 37.8 Å². The van der Waals surface area contributed by atoms with E-state index in [4.69, 9.17) is 0 Å². The molecule has 2 rings (SSSR count). The Kier molecular flexibility index (Phi) is 3.37. The van der Waals surface area contributed by atoms with Gasteiger partial charge in [0.25, 0.3) is 0 Å². The summed E-state index contributed by atoms with van der Waals surface area (Å²) in [5, 5.41) is 3.44. The van der Waals surface area contributed by atoms with Crippen molar-refractivity contribution in [3.05, 3.63) is 29.6 Å². The van der Waals surface area contributed by atoms with E-state index in [1.54, 1.807) is 0 Å². The average molecular weight is 200 g/mol. The third-order valence-corrected chi connectivity index (χ3v) is 2.81. The van der Waals surface area contributed by atoms with Crippen LogP contribution in [-0.4, -0.2) is 11.5 Å². The van der Waals surface area contributed by atoms with Crippen LogP contribution in [0.15, 0.2) is 18.3 Å². The van der Waals surface area contributed by atoms with Gasteiger partial charge in [0.2, 0.25) is 0 Å². The second-order valence-electron chi connectivity index (χ2n) is 3.80. The number of aromatic nitrogens is 1. The quantitative estimate of drug-likeness (QED) is 0.739. The van der Waals surface area contributed by atoms with Crippen LogP contribution in [0.5, 0.6) is 0 Å². The Morgan fingerprint density at radius 3 is 3.40 bits per heavy atom. The summed E-state index contributed by atoms with van der Waals surface area (Å²) in [5.41, 5.74) is 2.62.